The minimum Gasteiger partial charge on any atom is -0.480 e. The lowest BCUT2D eigenvalue weighted by molar-refractivity contribution is -0.142. The van der Waals surface area contributed by atoms with Gasteiger partial charge < -0.3 is 21.1 Å². The van der Waals surface area contributed by atoms with Crippen molar-refractivity contribution in [1.29, 1.82) is 0 Å². The molecule has 0 aliphatic carbocycles. The predicted molar refractivity (Wildman–Crippen MR) is 93.0 cm³/mol. The fraction of sp³-hybridized carbons (Fsp3) is 0.812. The third kappa shape index (κ3) is 5.29. The highest BCUT2D eigenvalue weighted by atomic mass is 32.2. The number of carboxylic acid groups (broad SMARTS) is 1. The number of unbranched alkanes of at least 4 members (excludes halogenated alkanes) is 2. The van der Waals surface area contributed by atoms with Crippen molar-refractivity contribution in [3.8, 4) is 0 Å². The minimum atomic E-state index is -0.980. The third-order valence-electron chi connectivity index (χ3n) is 4.56. The molecule has 7 nitrogen and oxygen atoms in total. The van der Waals surface area contributed by atoms with Crippen molar-refractivity contribution >= 4 is 29.7 Å². The molecule has 0 aromatic carbocycles. The van der Waals surface area contributed by atoms with Gasteiger partial charge in [0.25, 0.3) is 0 Å². The Hall–Kier alpha value is -1.44. The molecule has 3 amide bonds. The smallest absolute Gasteiger partial charge is 0.326 e. The van der Waals surface area contributed by atoms with Crippen LogP contribution in [0.4, 0.5) is 4.79 Å². The lowest BCUT2D eigenvalue weighted by Crippen LogP contribution is -2.41. The third-order valence-corrected chi connectivity index (χ3v) is 6.07. The number of hydrogen-bond acceptors (Lipinski definition) is 4. The first kappa shape index (κ1) is 18.9. The molecule has 0 aromatic rings. The summed E-state index contributed by atoms with van der Waals surface area (Å²) in [5.74, 6) is -0.269. The Morgan fingerprint density at radius 2 is 2.12 bits per heavy atom. The largest absolute Gasteiger partial charge is 0.480 e. The van der Waals surface area contributed by atoms with Gasteiger partial charge in [-0.3, -0.25) is 4.79 Å². The van der Waals surface area contributed by atoms with Gasteiger partial charge in [-0.25, -0.2) is 9.59 Å². The summed E-state index contributed by atoms with van der Waals surface area (Å²) in [5.41, 5.74) is 0. The standard InChI is InChI=1S/C16H27N3O4S/c1-2-3-4-8-13(20)17-10(15(21)22)6-5-7-12-14-11(9-24-12)18-16(23)19-14/h10-12,14H,2-9H2,1H3,(H,17,20)(H,21,22)(H2,18,19,23)/t10?,11-,12-,14-/m0/s1. The van der Waals surface area contributed by atoms with Gasteiger partial charge in [0.1, 0.15) is 6.04 Å². The number of carbonyl (C=O) groups is 3. The second-order valence-electron chi connectivity index (χ2n) is 6.47. The van der Waals surface area contributed by atoms with Gasteiger partial charge in [-0.15, -0.1) is 0 Å². The Balaban J connectivity index is 1.71. The van der Waals surface area contributed by atoms with Crippen molar-refractivity contribution in [2.75, 3.05) is 5.75 Å². The van der Waals surface area contributed by atoms with Gasteiger partial charge in [-0.2, -0.15) is 11.8 Å². The van der Waals surface area contributed by atoms with Gasteiger partial charge in [0.15, 0.2) is 0 Å². The fourth-order valence-electron chi connectivity index (χ4n) is 3.23. The van der Waals surface area contributed by atoms with Gasteiger partial charge in [0.2, 0.25) is 5.91 Å². The summed E-state index contributed by atoms with van der Waals surface area (Å²) in [4.78, 5) is 34.5. The number of nitrogens with one attached hydrogen (secondary N) is 3. The number of rotatable bonds is 10. The molecule has 2 aliphatic rings. The second kappa shape index (κ2) is 9.15. The number of carbonyl (C=O) groups excluding carboxylic acids is 2. The van der Waals surface area contributed by atoms with Crippen LogP contribution in [-0.2, 0) is 9.59 Å². The highest BCUT2D eigenvalue weighted by molar-refractivity contribution is 8.00. The van der Waals surface area contributed by atoms with E-state index in [4.69, 9.17) is 0 Å². The zero-order valence-electron chi connectivity index (χ0n) is 14.0. The van der Waals surface area contributed by atoms with Crippen LogP contribution in [0.1, 0.15) is 51.9 Å². The van der Waals surface area contributed by atoms with Gasteiger partial charge in [0, 0.05) is 17.4 Å². The van der Waals surface area contributed by atoms with E-state index in [1.807, 2.05) is 11.8 Å². The molecular formula is C16H27N3O4S. The number of urea groups is 1. The highest BCUT2D eigenvalue weighted by Crippen LogP contribution is 2.33. The molecule has 0 radical (unpaired) electrons. The van der Waals surface area contributed by atoms with Crippen molar-refractivity contribution in [3.63, 3.8) is 0 Å². The van der Waals surface area contributed by atoms with E-state index in [0.717, 1.165) is 31.4 Å². The van der Waals surface area contributed by atoms with Crippen molar-refractivity contribution < 1.29 is 19.5 Å². The molecule has 8 heteroatoms. The minimum absolute atomic E-state index is 0.113. The molecule has 0 bridgehead atoms. The summed E-state index contributed by atoms with van der Waals surface area (Å²) in [7, 11) is 0. The van der Waals surface area contributed by atoms with Gasteiger partial charge in [-0.1, -0.05) is 19.8 Å². The number of thioether (sulfide) groups is 1. The lowest BCUT2D eigenvalue weighted by atomic mass is 10.0. The number of carboxylic acids is 1. The van der Waals surface area contributed by atoms with Crippen LogP contribution in [-0.4, -0.2) is 52.1 Å². The molecule has 136 valence electrons. The molecule has 24 heavy (non-hydrogen) atoms. The van der Waals surface area contributed by atoms with Crippen LogP contribution in [0.2, 0.25) is 0 Å². The van der Waals surface area contributed by atoms with Crippen molar-refractivity contribution in [1.82, 2.24) is 16.0 Å². The summed E-state index contributed by atoms with van der Waals surface area (Å²) in [6, 6.07) is -0.619. The van der Waals surface area contributed by atoms with E-state index in [1.54, 1.807) is 0 Å². The first-order valence-corrected chi connectivity index (χ1v) is 9.77. The van der Waals surface area contributed by atoms with E-state index < -0.39 is 12.0 Å². The molecule has 0 saturated carbocycles. The molecule has 1 unspecified atom stereocenters. The topological polar surface area (TPSA) is 108 Å². The van der Waals surface area contributed by atoms with E-state index in [2.05, 4.69) is 22.9 Å². The summed E-state index contributed by atoms with van der Waals surface area (Å²) < 4.78 is 0. The first-order valence-electron chi connectivity index (χ1n) is 8.72. The maximum Gasteiger partial charge on any atom is 0.326 e. The SMILES string of the molecule is CCCCCC(=O)NC(CCC[C@@H]1SC[C@@H]2NC(=O)N[C@@H]21)C(=O)O. The van der Waals surface area contributed by atoms with Crippen molar-refractivity contribution in [2.45, 2.75) is 75.2 Å². The van der Waals surface area contributed by atoms with Crippen molar-refractivity contribution in [3.05, 3.63) is 0 Å². The quantitative estimate of drug-likeness (QED) is 0.350. The van der Waals surface area contributed by atoms with E-state index in [9.17, 15) is 19.5 Å². The van der Waals surface area contributed by atoms with Gasteiger partial charge in [0.05, 0.1) is 12.1 Å². The molecule has 2 fully saturated rings. The molecule has 2 aliphatic heterocycles. The fourth-order valence-corrected chi connectivity index (χ4v) is 4.77. The van der Waals surface area contributed by atoms with Crippen LogP contribution in [0.5, 0.6) is 0 Å². The summed E-state index contributed by atoms with van der Waals surface area (Å²) >= 11 is 1.81. The molecule has 2 rings (SSSR count). The zero-order chi connectivity index (χ0) is 17.5. The van der Waals surface area contributed by atoms with E-state index in [0.29, 0.717) is 24.5 Å². The molecule has 2 heterocycles. The average molecular weight is 357 g/mol. The average Bonchev–Trinajstić information content (AvgIpc) is 3.06. The first-order chi connectivity index (χ1) is 11.5. The molecule has 2 saturated heterocycles. The van der Waals surface area contributed by atoms with E-state index in [-0.39, 0.29) is 24.0 Å². The Morgan fingerprint density at radius 1 is 1.33 bits per heavy atom. The van der Waals surface area contributed by atoms with Crippen LogP contribution >= 0.6 is 11.8 Å². The molecular weight excluding hydrogens is 330 g/mol. The summed E-state index contributed by atoms with van der Waals surface area (Å²) in [6.07, 6.45) is 5.16. The summed E-state index contributed by atoms with van der Waals surface area (Å²) in [6.45, 7) is 2.06. The van der Waals surface area contributed by atoms with Crippen LogP contribution in [0, 0.1) is 0 Å². The summed E-state index contributed by atoms with van der Waals surface area (Å²) in [5, 5.41) is 18.0. The Bertz CT molecular complexity index is 474. The highest BCUT2D eigenvalue weighted by Gasteiger charge is 2.42. The lowest BCUT2D eigenvalue weighted by Gasteiger charge is -2.18. The van der Waals surface area contributed by atoms with Gasteiger partial charge >= 0.3 is 12.0 Å². The van der Waals surface area contributed by atoms with Crippen LogP contribution in [0.15, 0.2) is 0 Å². The zero-order valence-corrected chi connectivity index (χ0v) is 14.9. The molecule has 4 atom stereocenters. The van der Waals surface area contributed by atoms with Crippen LogP contribution < -0.4 is 16.0 Å². The Morgan fingerprint density at radius 3 is 2.83 bits per heavy atom. The normalized spacial score (nSPS) is 26.4. The van der Waals surface area contributed by atoms with Crippen LogP contribution in [0.3, 0.4) is 0 Å². The van der Waals surface area contributed by atoms with E-state index in [1.165, 1.54) is 0 Å². The number of fused-ring (bicyclic) bond motifs is 1. The predicted octanol–water partition coefficient (Wildman–Crippen LogP) is 1.47. The molecule has 0 spiro atoms. The second-order valence-corrected chi connectivity index (χ2v) is 7.74. The number of aliphatic carboxylic acids is 1. The number of hydrogen-bond donors (Lipinski definition) is 4. The van der Waals surface area contributed by atoms with Crippen LogP contribution in [0.25, 0.3) is 0 Å². The van der Waals surface area contributed by atoms with E-state index >= 15 is 0 Å². The maximum atomic E-state index is 11.8. The maximum absolute atomic E-state index is 11.8. The number of amides is 3. The Labute approximate surface area is 146 Å². The van der Waals surface area contributed by atoms with Gasteiger partial charge in [-0.05, 0) is 25.7 Å². The van der Waals surface area contributed by atoms with Crippen molar-refractivity contribution in [2.24, 2.45) is 0 Å². The Kier molecular flexibility index (Phi) is 7.20. The monoisotopic (exact) mass is 357 g/mol. The molecule has 4 N–H and O–H groups in total. The molecule has 0 aromatic heterocycles.